The Morgan fingerprint density at radius 3 is 1.94 bits per heavy atom. The fourth-order valence-electron chi connectivity index (χ4n) is 3.51. The Bertz CT molecular complexity index is 1030. The maximum absolute atomic E-state index is 14.0. The molecule has 0 aliphatic carbocycles. The van der Waals surface area contributed by atoms with Gasteiger partial charge < -0.3 is 0 Å². The first-order chi connectivity index (χ1) is 15.5. The van der Waals surface area contributed by atoms with Crippen molar-refractivity contribution >= 4 is 30.8 Å². The molecule has 0 radical (unpaired) electrons. The van der Waals surface area contributed by atoms with Crippen molar-refractivity contribution in [1.82, 2.24) is 0 Å². The second kappa shape index (κ2) is 11.4. The number of carbonyl (C=O) groups excluding carboxylic acids is 1. The molecule has 168 valence electrons. The summed E-state index contributed by atoms with van der Waals surface area (Å²) in [5.74, 6) is -0.101. The topological polar surface area (TPSA) is 55.8 Å². The minimum Gasteiger partial charge on any atom is -0.294 e. The molecule has 32 heavy (non-hydrogen) atoms. The summed E-state index contributed by atoms with van der Waals surface area (Å²) < 4.78 is 27.1. The van der Waals surface area contributed by atoms with Crippen molar-refractivity contribution in [2.75, 3.05) is 17.9 Å². The van der Waals surface area contributed by atoms with E-state index in [2.05, 4.69) is 0 Å². The second-order valence-corrected chi connectivity index (χ2v) is 9.37. The lowest BCUT2D eigenvalue weighted by molar-refractivity contribution is 0.0973. The van der Waals surface area contributed by atoms with Gasteiger partial charge in [0.25, 0.3) is 0 Å². The Hall–Kier alpha value is -2.43. The van der Waals surface area contributed by atoms with Crippen LogP contribution in [0.1, 0.15) is 42.2 Å². The number of rotatable bonds is 11. The third kappa shape index (κ3) is 5.87. The molecule has 1 atom stereocenters. The Kier molecular flexibility index (Phi) is 8.66. The lowest BCUT2D eigenvalue weighted by Crippen LogP contribution is -2.30. The maximum atomic E-state index is 14.0. The molecule has 0 saturated heterocycles. The molecular formula is C25H27ClNO4P. The predicted molar refractivity (Wildman–Crippen MR) is 129 cm³/mol. The van der Waals surface area contributed by atoms with E-state index in [1.807, 2.05) is 60.7 Å². The Balaban J connectivity index is 2.12. The van der Waals surface area contributed by atoms with E-state index < -0.39 is 13.8 Å². The molecule has 3 aromatic carbocycles. The van der Waals surface area contributed by atoms with Crippen molar-refractivity contribution in [2.24, 2.45) is 0 Å². The summed E-state index contributed by atoms with van der Waals surface area (Å²) in [4.78, 5) is 13.3. The third-order valence-corrected chi connectivity index (χ3v) is 7.35. The molecule has 0 aromatic heterocycles. The molecule has 0 aliphatic rings. The largest absolute Gasteiger partial charge is 0.435 e. The van der Waals surface area contributed by atoms with Gasteiger partial charge in [-0.1, -0.05) is 60.1 Å². The fraction of sp³-hybridized carbons (Fsp3) is 0.240. The lowest BCUT2D eigenvalue weighted by atomic mass is 9.97. The summed E-state index contributed by atoms with van der Waals surface area (Å²) in [6.45, 7) is 3.94. The summed E-state index contributed by atoms with van der Waals surface area (Å²) in [5.41, 5.74) is 2.01. The summed E-state index contributed by atoms with van der Waals surface area (Å²) in [6, 6.07) is 25.0. The Morgan fingerprint density at radius 2 is 1.41 bits per heavy atom. The van der Waals surface area contributed by atoms with E-state index in [4.69, 9.17) is 20.6 Å². The number of hydrogen-bond acceptors (Lipinski definition) is 4. The number of halogens is 1. The number of Topliss-reactive ketones (excluding diaryl/α,β-unsaturated/α-hetero) is 1. The average molecular weight is 472 g/mol. The molecule has 0 saturated carbocycles. The van der Waals surface area contributed by atoms with Gasteiger partial charge in [0.05, 0.1) is 19.3 Å². The Labute approximate surface area is 194 Å². The van der Waals surface area contributed by atoms with Crippen LogP contribution in [0.2, 0.25) is 5.02 Å². The fourth-order valence-corrected chi connectivity index (χ4v) is 5.59. The van der Waals surface area contributed by atoms with Gasteiger partial charge in [-0.15, -0.1) is 0 Å². The smallest absolute Gasteiger partial charge is 0.294 e. The average Bonchev–Trinajstić information content (AvgIpc) is 2.80. The van der Waals surface area contributed by atoms with E-state index in [-0.39, 0.29) is 25.4 Å². The van der Waals surface area contributed by atoms with Crippen LogP contribution >= 0.6 is 19.3 Å². The van der Waals surface area contributed by atoms with Crippen molar-refractivity contribution in [3.63, 3.8) is 0 Å². The van der Waals surface area contributed by atoms with E-state index in [9.17, 15) is 9.36 Å². The highest BCUT2D eigenvalue weighted by Crippen LogP contribution is 2.58. The Morgan fingerprint density at radius 1 is 0.875 bits per heavy atom. The highest BCUT2D eigenvalue weighted by molar-refractivity contribution is 7.55. The molecule has 0 N–H and O–H groups in total. The van der Waals surface area contributed by atoms with Crippen molar-refractivity contribution in [3.05, 3.63) is 101 Å². The van der Waals surface area contributed by atoms with Crippen LogP contribution in [0.4, 0.5) is 5.69 Å². The molecule has 0 fully saturated rings. The van der Waals surface area contributed by atoms with Gasteiger partial charge in [0, 0.05) is 22.7 Å². The van der Waals surface area contributed by atoms with Crippen molar-refractivity contribution in [3.8, 4) is 0 Å². The standard InChI is InChI=1S/C25H27ClNO4P/c1-3-30-32(29,31-4-2)27(23-13-9-6-10-14-23)24(20-11-7-5-8-12-20)19-25(28)21-15-17-22(26)18-16-21/h5-18,24H,3-4,19H2,1-2H3. The molecule has 1 unspecified atom stereocenters. The van der Waals surface area contributed by atoms with E-state index in [0.717, 1.165) is 5.56 Å². The van der Waals surface area contributed by atoms with E-state index in [1.165, 1.54) is 0 Å². The van der Waals surface area contributed by atoms with Gasteiger partial charge >= 0.3 is 7.75 Å². The molecular weight excluding hydrogens is 445 g/mol. The van der Waals surface area contributed by atoms with Crippen LogP contribution in [0, 0.1) is 0 Å². The molecule has 5 nitrogen and oxygen atoms in total. The minimum atomic E-state index is -3.77. The van der Waals surface area contributed by atoms with Crippen molar-refractivity contribution in [2.45, 2.75) is 26.3 Å². The number of carbonyl (C=O) groups is 1. The summed E-state index contributed by atoms with van der Waals surface area (Å²) in [7, 11) is -3.77. The van der Waals surface area contributed by atoms with Crippen LogP contribution in [0.25, 0.3) is 0 Å². The zero-order chi connectivity index (χ0) is 23.0. The zero-order valence-corrected chi connectivity index (χ0v) is 19.8. The van der Waals surface area contributed by atoms with Gasteiger partial charge in [0.2, 0.25) is 0 Å². The SMILES string of the molecule is CCOP(=O)(OCC)N(c1ccccc1)C(CC(=O)c1ccc(Cl)cc1)c1ccccc1. The van der Waals surface area contributed by atoms with Gasteiger partial charge in [0.1, 0.15) is 0 Å². The van der Waals surface area contributed by atoms with Gasteiger partial charge in [0.15, 0.2) is 5.78 Å². The lowest BCUT2D eigenvalue weighted by Gasteiger charge is -2.37. The normalized spacial score (nSPS) is 12.3. The van der Waals surface area contributed by atoms with E-state index in [0.29, 0.717) is 16.3 Å². The van der Waals surface area contributed by atoms with Gasteiger partial charge in [-0.25, -0.2) is 4.57 Å². The number of anilines is 1. The highest BCUT2D eigenvalue weighted by atomic mass is 35.5. The second-order valence-electron chi connectivity index (χ2n) is 7.04. The summed E-state index contributed by atoms with van der Waals surface area (Å²) >= 11 is 5.99. The highest BCUT2D eigenvalue weighted by Gasteiger charge is 2.40. The molecule has 7 heteroatoms. The van der Waals surface area contributed by atoms with Crippen LogP contribution in [0.3, 0.4) is 0 Å². The number of nitrogens with zero attached hydrogens (tertiary/aromatic N) is 1. The molecule has 3 aromatic rings. The van der Waals surface area contributed by atoms with Gasteiger partial charge in [-0.05, 0) is 55.8 Å². The van der Waals surface area contributed by atoms with Crippen LogP contribution in [-0.2, 0) is 13.6 Å². The van der Waals surface area contributed by atoms with E-state index in [1.54, 1.807) is 42.8 Å². The number of ketones is 1. The van der Waals surface area contributed by atoms with Crippen LogP contribution < -0.4 is 4.67 Å². The first-order valence-corrected chi connectivity index (χ1v) is 12.4. The molecule has 0 bridgehead atoms. The van der Waals surface area contributed by atoms with Gasteiger partial charge in [-0.2, -0.15) is 0 Å². The summed E-state index contributed by atoms with van der Waals surface area (Å²) in [5, 5.41) is 0.560. The first kappa shape index (κ1) is 24.2. The van der Waals surface area contributed by atoms with Crippen molar-refractivity contribution in [1.29, 1.82) is 0 Å². The monoisotopic (exact) mass is 471 g/mol. The van der Waals surface area contributed by atoms with Crippen molar-refractivity contribution < 1.29 is 18.4 Å². The van der Waals surface area contributed by atoms with Crippen LogP contribution in [0.15, 0.2) is 84.9 Å². The molecule has 0 amide bonds. The van der Waals surface area contributed by atoms with Crippen LogP contribution in [0.5, 0.6) is 0 Å². The molecule has 3 rings (SSSR count). The first-order valence-electron chi connectivity index (χ1n) is 10.6. The zero-order valence-electron chi connectivity index (χ0n) is 18.2. The predicted octanol–water partition coefficient (Wildman–Crippen LogP) is 7.34. The maximum Gasteiger partial charge on any atom is 0.435 e. The third-order valence-electron chi connectivity index (χ3n) is 4.89. The molecule has 0 spiro atoms. The molecule has 0 heterocycles. The number of benzene rings is 3. The minimum absolute atomic E-state index is 0.0741. The summed E-state index contributed by atoms with van der Waals surface area (Å²) in [6.07, 6.45) is 0.0741. The quantitative estimate of drug-likeness (QED) is 0.216. The number of para-hydroxylation sites is 1. The van der Waals surface area contributed by atoms with E-state index >= 15 is 0 Å². The van der Waals surface area contributed by atoms with Crippen LogP contribution in [-0.4, -0.2) is 19.0 Å². The number of hydrogen-bond donors (Lipinski definition) is 0. The molecule has 0 aliphatic heterocycles. The van der Waals surface area contributed by atoms with Gasteiger partial charge in [-0.3, -0.25) is 18.5 Å².